The molecule has 0 aliphatic heterocycles. The van der Waals surface area contributed by atoms with Gasteiger partial charge >= 0.3 is 5.97 Å². The van der Waals surface area contributed by atoms with Crippen molar-refractivity contribution in [2.75, 3.05) is 11.9 Å². The number of carbonyl (C=O) groups is 2. The van der Waals surface area contributed by atoms with Crippen LogP contribution in [0.4, 0.5) is 10.1 Å². The van der Waals surface area contributed by atoms with Gasteiger partial charge in [-0.1, -0.05) is 32.4 Å². The molecule has 7 heteroatoms. The molecule has 0 radical (unpaired) electrons. The van der Waals surface area contributed by atoms with Gasteiger partial charge in [0.15, 0.2) is 0 Å². The van der Waals surface area contributed by atoms with Gasteiger partial charge in [0.1, 0.15) is 11.1 Å². The van der Waals surface area contributed by atoms with E-state index in [-0.39, 0.29) is 35.1 Å². The topological polar surface area (TPSA) is 55.4 Å². The van der Waals surface area contributed by atoms with Gasteiger partial charge < -0.3 is 10.1 Å². The molecule has 1 aromatic carbocycles. The summed E-state index contributed by atoms with van der Waals surface area (Å²) in [4.78, 5) is 24.3. The number of anilines is 1. The second-order valence-corrected chi connectivity index (χ2v) is 7.19. The van der Waals surface area contributed by atoms with E-state index in [0.717, 1.165) is 6.07 Å². The molecule has 4 nitrogen and oxygen atoms in total. The van der Waals surface area contributed by atoms with E-state index in [0.29, 0.717) is 17.7 Å². The van der Waals surface area contributed by atoms with Crippen molar-refractivity contribution < 1.29 is 18.7 Å². The Morgan fingerprint density at radius 3 is 2.54 bits per heavy atom. The number of carbonyl (C=O) groups excluding carboxylic acids is 2. The van der Waals surface area contributed by atoms with Crippen LogP contribution in [0.3, 0.4) is 0 Å². The zero-order valence-electron chi connectivity index (χ0n) is 14.3. The lowest BCUT2D eigenvalue weighted by Gasteiger charge is -2.20. The Morgan fingerprint density at radius 2 is 2.00 bits per heavy atom. The molecule has 0 bridgehead atoms. The summed E-state index contributed by atoms with van der Waals surface area (Å²) >= 11 is 7.31. The Bertz CT molecular complexity index is 595. The normalized spacial score (nSPS) is 12.1. The van der Waals surface area contributed by atoms with Crippen LogP contribution in [-0.2, 0) is 14.3 Å². The predicted octanol–water partition coefficient (Wildman–Crippen LogP) is 4.90. The molecule has 134 valence electrons. The number of ether oxygens (including phenoxy) is 1. The number of nitrogens with one attached hydrogen (secondary N) is 1. The number of hydrogen-bond donors (Lipinski definition) is 1. The second kappa shape index (κ2) is 9.89. The lowest BCUT2D eigenvalue weighted by Crippen LogP contribution is -2.25. The van der Waals surface area contributed by atoms with Crippen molar-refractivity contribution in [2.45, 2.75) is 50.7 Å². The van der Waals surface area contributed by atoms with Gasteiger partial charge in [0, 0.05) is 11.3 Å². The number of esters is 1. The van der Waals surface area contributed by atoms with Crippen molar-refractivity contribution in [3.63, 3.8) is 0 Å². The van der Waals surface area contributed by atoms with E-state index in [1.807, 2.05) is 20.8 Å². The summed E-state index contributed by atoms with van der Waals surface area (Å²) in [7, 11) is 0. The zero-order chi connectivity index (χ0) is 18.3. The van der Waals surface area contributed by atoms with Crippen molar-refractivity contribution in [3.8, 4) is 0 Å². The first-order chi connectivity index (χ1) is 11.3. The molecular weight excluding hydrogens is 353 g/mol. The second-order valence-electron chi connectivity index (χ2n) is 5.60. The third-order valence-corrected chi connectivity index (χ3v) is 5.16. The summed E-state index contributed by atoms with van der Waals surface area (Å²) < 4.78 is 19.1. The minimum Gasteiger partial charge on any atom is -0.465 e. The van der Waals surface area contributed by atoms with Crippen LogP contribution < -0.4 is 5.32 Å². The van der Waals surface area contributed by atoms with Crippen molar-refractivity contribution in [2.24, 2.45) is 5.92 Å². The van der Waals surface area contributed by atoms with E-state index >= 15 is 0 Å². The van der Waals surface area contributed by atoms with Gasteiger partial charge in [-0.25, -0.2) is 4.39 Å². The molecule has 0 fully saturated rings. The zero-order valence-corrected chi connectivity index (χ0v) is 15.9. The predicted molar refractivity (Wildman–Crippen MR) is 96.1 cm³/mol. The monoisotopic (exact) mass is 375 g/mol. The Morgan fingerprint density at radius 1 is 1.33 bits per heavy atom. The average molecular weight is 376 g/mol. The van der Waals surface area contributed by atoms with Crippen molar-refractivity contribution in [1.29, 1.82) is 0 Å². The standard InChI is InChI=1S/C17H23ClFNO3S/c1-5-7-15(21)20-13-9-14(11(18)8-12(13)19)24-16(10(3)4)17(22)23-6-2/h8-10,16H,5-7H2,1-4H3,(H,20,21). The fraction of sp³-hybridized carbons (Fsp3) is 0.529. The summed E-state index contributed by atoms with van der Waals surface area (Å²) in [5.74, 6) is -1.20. The number of thioether (sulfide) groups is 1. The number of halogens is 2. The van der Waals surface area contributed by atoms with E-state index in [1.54, 1.807) is 6.92 Å². The van der Waals surface area contributed by atoms with Crippen molar-refractivity contribution in [3.05, 3.63) is 23.0 Å². The minimum atomic E-state index is -0.606. The Kier molecular flexibility index (Phi) is 8.56. The first-order valence-corrected chi connectivity index (χ1v) is 9.18. The molecule has 0 aliphatic carbocycles. The maximum absolute atomic E-state index is 14.0. The summed E-state index contributed by atoms with van der Waals surface area (Å²) in [6, 6.07) is 2.61. The number of benzene rings is 1. The van der Waals surface area contributed by atoms with Gasteiger partial charge in [0.25, 0.3) is 0 Å². The van der Waals surface area contributed by atoms with E-state index in [9.17, 15) is 14.0 Å². The molecule has 0 saturated heterocycles. The maximum atomic E-state index is 14.0. The van der Waals surface area contributed by atoms with Crippen LogP contribution in [0.15, 0.2) is 17.0 Å². The quantitative estimate of drug-likeness (QED) is 0.518. The summed E-state index contributed by atoms with van der Waals surface area (Å²) in [5, 5.41) is 2.26. The summed E-state index contributed by atoms with van der Waals surface area (Å²) in [6.45, 7) is 7.70. The van der Waals surface area contributed by atoms with E-state index in [4.69, 9.17) is 16.3 Å². The van der Waals surface area contributed by atoms with Gasteiger partial charge in [-0.05, 0) is 31.4 Å². The van der Waals surface area contributed by atoms with Crippen LogP contribution in [0.2, 0.25) is 5.02 Å². The SMILES string of the molecule is CCCC(=O)Nc1cc(SC(C(=O)OCC)C(C)C)c(Cl)cc1F. The smallest absolute Gasteiger partial charge is 0.319 e. The highest BCUT2D eigenvalue weighted by molar-refractivity contribution is 8.00. The first kappa shape index (κ1) is 20.8. The maximum Gasteiger partial charge on any atom is 0.319 e. The van der Waals surface area contributed by atoms with Gasteiger partial charge in [-0.2, -0.15) is 0 Å². The van der Waals surface area contributed by atoms with Crippen LogP contribution in [0, 0.1) is 11.7 Å². The molecule has 0 spiro atoms. The summed E-state index contributed by atoms with van der Waals surface area (Å²) in [5.41, 5.74) is 0.0618. The van der Waals surface area contributed by atoms with Crippen LogP contribution in [0.25, 0.3) is 0 Å². The first-order valence-electron chi connectivity index (χ1n) is 7.92. The third-order valence-electron chi connectivity index (χ3n) is 3.15. The van der Waals surface area contributed by atoms with E-state index in [1.165, 1.54) is 17.8 Å². The Hall–Kier alpha value is -1.27. The van der Waals surface area contributed by atoms with Crippen LogP contribution in [0.5, 0.6) is 0 Å². The highest BCUT2D eigenvalue weighted by atomic mass is 35.5. The van der Waals surface area contributed by atoms with Gasteiger partial charge in [0.05, 0.1) is 17.3 Å². The molecule has 1 unspecified atom stereocenters. The van der Waals surface area contributed by atoms with Crippen molar-refractivity contribution >= 4 is 40.9 Å². The molecule has 1 atom stereocenters. The van der Waals surface area contributed by atoms with Gasteiger partial charge in [-0.3, -0.25) is 9.59 Å². The van der Waals surface area contributed by atoms with Crippen LogP contribution in [0.1, 0.15) is 40.5 Å². The molecule has 0 saturated carbocycles. The van der Waals surface area contributed by atoms with Gasteiger partial charge in [-0.15, -0.1) is 11.8 Å². The van der Waals surface area contributed by atoms with Crippen molar-refractivity contribution in [1.82, 2.24) is 0 Å². The molecule has 1 amide bonds. The number of amides is 1. The molecule has 1 rings (SSSR count). The minimum absolute atomic E-state index is 0.00769. The molecule has 0 heterocycles. The van der Waals surface area contributed by atoms with E-state index in [2.05, 4.69) is 5.32 Å². The third kappa shape index (κ3) is 5.98. The van der Waals surface area contributed by atoms with Crippen LogP contribution >= 0.6 is 23.4 Å². The Balaban J connectivity index is 3.05. The average Bonchev–Trinajstić information content (AvgIpc) is 2.48. The molecule has 0 aliphatic rings. The lowest BCUT2D eigenvalue weighted by atomic mass is 10.1. The molecule has 1 N–H and O–H groups in total. The van der Waals surface area contributed by atoms with Gasteiger partial charge in [0.2, 0.25) is 5.91 Å². The largest absolute Gasteiger partial charge is 0.465 e. The number of rotatable bonds is 8. The molecule has 0 aromatic heterocycles. The fourth-order valence-electron chi connectivity index (χ4n) is 1.97. The summed E-state index contributed by atoms with van der Waals surface area (Å²) in [6.07, 6.45) is 0.975. The fourth-order valence-corrected chi connectivity index (χ4v) is 3.32. The van der Waals surface area contributed by atoms with Crippen LogP contribution in [-0.4, -0.2) is 23.7 Å². The highest BCUT2D eigenvalue weighted by Gasteiger charge is 2.26. The molecular formula is C17H23ClFNO3S. The molecule has 1 aromatic rings. The van der Waals surface area contributed by atoms with E-state index < -0.39 is 11.1 Å². The highest BCUT2D eigenvalue weighted by Crippen LogP contribution is 2.37. The Labute approximate surface area is 151 Å². The lowest BCUT2D eigenvalue weighted by molar-refractivity contribution is -0.143. The molecule has 24 heavy (non-hydrogen) atoms. The number of hydrogen-bond acceptors (Lipinski definition) is 4.